The lowest BCUT2D eigenvalue weighted by Gasteiger charge is -2.21. The molecule has 0 saturated heterocycles. The first-order valence-electron chi connectivity index (χ1n) is 6.67. The van der Waals surface area contributed by atoms with Gasteiger partial charge in [0.15, 0.2) is 0 Å². The summed E-state index contributed by atoms with van der Waals surface area (Å²) in [5.41, 5.74) is 6.64. The fourth-order valence-corrected chi connectivity index (χ4v) is 1.77. The number of nitrogens with zero attached hydrogens (tertiary/aromatic N) is 2. The molecule has 1 rings (SSSR count). The summed E-state index contributed by atoms with van der Waals surface area (Å²) < 4.78 is 5.00. The smallest absolute Gasteiger partial charge is 0.254 e. The Morgan fingerprint density at radius 1 is 1.43 bits per heavy atom. The van der Waals surface area contributed by atoms with Gasteiger partial charge in [-0.1, -0.05) is 17.9 Å². The number of methoxy groups -OCH3 is 1. The standard InChI is InChI=1S/C16H19N3O2/c1-21-12-11-19(10-4-9-18)16(20)15-7-2-5-14(13-15)6-3-8-17/h2,5,7,13H,4,8,10-12,17H2,1H3. The molecule has 0 spiro atoms. The number of carbonyl (C=O) groups excluding carboxylic acids is 1. The summed E-state index contributed by atoms with van der Waals surface area (Å²) in [7, 11) is 1.58. The molecule has 2 N–H and O–H groups in total. The van der Waals surface area contributed by atoms with E-state index in [2.05, 4.69) is 11.8 Å². The summed E-state index contributed by atoms with van der Waals surface area (Å²) in [4.78, 5) is 14.1. The van der Waals surface area contributed by atoms with E-state index in [0.717, 1.165) is 5.56 Å². The second-order valence-electron chi connectivity index (χ2n) is 4.28. The summed E-state index contributed by atoms with van der Waals surface area (Å²) in [6.45, 7) is 1.55. The molecular formula is C16H19N3O2. The third-order valence-electron chi connectivity index (χ3n) is 2.79. The maximum absolute atomic E-state index is 12.5. The molecule has 5 nitrogen and oxygen atoms in total. The third-order valence-corrected chi connectivity index (χ3v) is 2.79. The third kappa shape index (κ3) is 5.66. The highest BCUT2D eigenvalue weighted by Gasteiger charge is 2.15. The number of amides is 1. The van der Waals surface area contributed by atoms with Gasteiger partial charge >= 0.3 is 0 Å². The van der Waals surface area contributed by atoms with Crippen molar-refractivity contribution in [1.82, 2.24) is 4.90 Å². The van der Waals surface area contributed by atoms with Crippen molar-refractivity contribution in [2.75, 3.05) is 33.4 Å². The van der Waals surface area contributed by atoms with E-state index in [1.165, 1.54) is 0 Å². The van der Waals surface area contributed by atoms with Crippen LogP contribution in [-0.4, -0.2) is 44.2 Å². The van der Waals surface area contributed by atoms with Gasteiger partial charge in [-0.3, -0.25) is 4.79 Å². The van der Waals surface area contributed by atoms with Crippen molar-refractivity contribution in [3.05, 3.63) is 35.4 Å². The lowest BCUT2D eigenvalue weighted by atomic mass is 10.1. The fraction of sp³-hybridized carbons (Fsp3) is 0.375. The molecule has 0 aromatic heterocycles. The lowest BCUT2D eigenvalue weighted by Crippen LogP contribution is -2.34. The number of nitrogens with two attached hydrogens (primary N) is 1. The Hall–Kier alpha value is -2.34. The quantitative estimate of drug-likeness (QED) is 0.791. The van der Waals surface area contributed by atoms with Crippen LogP contribution in [0.2, 0.25) is 0 Å². The molecule has 0 saturated carbocycles. The van der Waals surface area contributed by atoms with Gasteiger partial charge in [-0.15, -0.1) is 0 Å². The molecule has 0 atom stereocenters. The van der Waals surface area contributed by atoms with Gasteiger partial charge in [-0.2, -0.15) is 5.26 Å². The second kappa shape index (κ2) is 9.55. The summed E-state index contributed by atoms with van der Waals surface area (Å²) >= 11 is 0. The number of rotatable bonds is 6. The van der Waals surface area contributed by atoms with Crippen LogP contribution < -0.4 is 5.73 Å². The van der Waals surface area contributed by atoms with Gasteiger partial charge in [0.25, 0.3) is 5.91 Å². The molecule has 5 heteroatoms. The van der Waals surface area contributed by atoms with Crippen LogP contribution >= 0.6 is 0 Å². The zero-order chi connectivity index (χ0) is 15.5. The first-order chi connectivity index (χ1) is 10.2. The van der Waals surface area contributed by atoms with Crippen LogP contribution in [0.15, 0.2) is 24.3 Å². The van der Waals surface area contributed by atoms with E-state index in [1.54, 1.807) is 30.2 Å². The first-order valence-corrected chi connectivity index (χ1v) is 6.67. The molecule has 21 heavy (non-hydrogen) atoms. The van der Waals surface area contributed by atoms with Crippen LogP contribution in [0.3, 0.4) is 0 Å². The largest absolute Gasteiger partial charge is 0.383 e. The fourth-order valence-electron chi connectivity index (χ4n) is 1.77. The minimum atomic E-state index is -0.126. The molecule has 1 aromatic rings. The summed E-state index contributed by atoms with van der Waals surface area (Å²) in [6, 6.07) is 9.13. The molecule has 0 aliphatic rings. The van der Waals surface area contributed by atoms with Crippen molar-refractivity contribution in [1.29, 1.82) is 5.26 Å². The van der Waals surface area contributed by atoms with Crippen LogP contribution in [0, 0.1) is 23.2 Å². The Bertz CT molecular complexity index is 567. The zero-order valence-corrected chi connectivity index (χ0v) is 12.1. The highest BCUT2D eigenvalue weighted by molar-refractivity contribution is 5.94. The van der Waals surface area contributed by atoms with E-state index in [9.17, 15) is 4.79 Å². The predicted octanol–water partition coefficient (Wildman–Crippen LogP) is 0.999. The van der Waals surface area contributed by atoms with Crippen molar-refractivity contribution in [3.63, 3.8) is 0 Å². The number of hydrogen-bond donors (Lipinski definition) is 1. The average molecular weight is 285 g/mol. The van der Waals surface area contributed by atoms with Gasteiger partial charge in [-0.05, 0) is 18.2 Å². The van der Waals surface area contributed by atoms with Crippen LogP contribution in [-0.2, 0) is 4.74 Å². The lowest BCUT2D eigenvalue weighted by molar-refractivity contribution is 0.0700. The van der Waals surface area contributed by atoms with E-state index in [0.29, 0.717) is 31.7 Å². The maximum atomic E-state index is 12.5. The minimum Gasteiger partial charge on any atom is -0.383 e. The topological polar surface area (TPSA) is 79.3 Å². The van der Waals surface area contributed by atoms with Gasteiger partial charge in [0.2, 0.25) is 0 Å². The Balaban J connectivity index is 2.89. The molecule has 0 fully saturated rings. The number of ether oxygens (including phenoxy) is 1. The van der Waals surface area contributed by atoms with E-state index in [-0.39, 0.29) is 12.5 Å². The van der Waals surface area contributed by atoms with Crippen molar-refractivity contribution < 1.29 is 9.53 Å². The maximum Gasteiger partial charge on any atom is 0.254 e. The molecule has 0 aliphatic carbocycles. The van der Waals surface area contributed by atoms with Crippen molar-refractivity contribution in [2.45, 2.75) is 6.42 Å². The van der Waals surface area contributed by atoms with Crippen molar-refractivity contribution in [3.8, 4) is 17.9 Å². The molecule has 0 radical (unpaired) electrons. The van der Waals surface area contributed by atoms with Crippen LogP contribution in [0.4, 0.5) is 0 Å². The van der Waals surface area contributed by atoms with E-state index in [1.807, 2.05) is 12.1 Å². The molecular weight excluding hydrogens is 266 g/mol. The Labute approximate surface area is 125 Å². The van der Waals surface area contributed by atoms with Gasteiger partial charge in [0.05, 0.1) is 25.6 Å². The van der Waals surface area contributed by atoms with Gasteiger partial charge in [0, 0.05) is 31.3 Å². The van der Waals surface area contributed by atoms with Gasteiger partial charge < -0.3 is 15.4 Å². The Kier molecular flexibility index (Phi) is 7.60. The van der Waals surface area contributed by atoms with E-state index >= 15 is 0 Å². The number of carbonyl (C=O) groups is 1. The predicted molar refractivity (Wildman–Crippen MR) is 80.4 cm³/mol. The average Bonchev–Trinajstić information content (AvgIpc) is 2.53. The highest BCUT2D eigenvalue weighted by Crippen LogP contribution is 2.08. The van der Waals surface area contributed by atoms with Gasteiger partial charge in [-0.25, -0.2) is 0 Å². The highest BCUT2D eigenvalue weighted by atomic mass is 16.5. The molecule has 1 aromatic carbocycles. The van der Waals surface area contributed by atoms with Gasteiger partial charge in [0.1, 0.15) is 0 Å². The van der Waals surface area contributed by atoms with Crippen molar-refractivity contribution >= 4 is 5.91 Å². The van der Waals surface area contributed by atoms with Crippen LogP contribution in [0.25, 0.3) is 0 Å². The summed E-state index contributed by atoms with van der Waals surface area (Å²) in [5.74, 6) is 5.53. The minimum absolute atomic E-state index is 0.126. The number of benzene rings is 1. The normalized spacial score (nSPS) is 9.38. The van der Waals surface area contributed by atoms with Crippen molar-refractivity contribution in [2.24, 2.45) is 5.73 Å². The Morgan fingerprint density at radius 3 is 2.90 bits per heavy atom. The van der Waals surface area contributed by atoms with E-state index in [4.69, 9.17) is 15.7 Å². The summed E-state index contributed by atoms with van der Waals surface area (Å²) in [5, 5.41) is 8.68. The Morgan fingerprint density at radius 2 is 2.24 bits per heavy atom. The molecule has 1 amide bonds. The monoisotopic (exact) mass is 285 g/mol. The van der Waals surface area contributed by atoms with Crippen LogP contribution in [0.1, 0.15) is 22.3 Å². The van der Waals surface area contributed by atoms with E-state index < -0.39 is 0 Å². The first kappa shape index (κ1) is 16.7. The molecule has 110 valence electrons. The second-order valence-corrected chi connectivity index (χ2v) is 4.28. The molecule has 0 bridgehead atoms. The number of hydrogen-bond acceptors (Lipinski definition) is 4. The molecule has 0 heterocycles. The SMILES string of the molecule is COCCN(CCC#N)C(=O)c1cccc(C#CCN)c1. The van der Waals surface area contributed by atoms with Crippen LogP contribution in [0.5, 0.6) is 0 Å². The number of nitriles is 1. The zero-order valence-electron chi connectivity index (χ0n) is 12.1. The molecule has 0 unspecified atom stereocenters. The molecule has 0 aliphatic heterocycles. The summed E-state index contributed by atoms with van der Waals surface area (Å²) in [6.07, 6.45) is 0.294.